The average molecular weight is 357 g/mol. The zero-order valence-electron chi connectivity index (χ0n) is 11.8. The maximum Gasteiger partial charge on any atom is 0.407 e. The van der Waals surface area contributed by atoms with E-state index in [1.807, 2.05) is 0 Å². The van der Waals surface area contributed by atoms with E-state index in [2.05, 4.69) is 15.3 Å². The van der Waals surface area contributed by atoms with Crippen molar-refractivity contribution in [1.82, 2.24) is 15.3 Å². The second kappa shape index (κ2) is 7.45. The monoisotopic (exact) mass is 355 g/mol. The predicted molar refractivity (Wildman–Crippen MR) is 81.1 cm³/mol. The number of halogens is 3. The minimum Gasteiger partial charge on any atom is -0.444 e. The summed E-state index contributed by atoms with van der Waals surface area (Å²) in [6.07, 6.45) is -0.608. The molecule has 0 aliphatic heterocycles. The molecule has 6 nitrogen and oxygen atoms in total. The van der Waals surface area contributed by atoms with Gasteiger partial charge in [0, 0.05) is 18.0 Å². The highest BCUT2D eigenvalue weighted by molar-refractivity contribution is 6.36. The third kappa shape index (κ3) is 5.82. The van der Waals surface area contributed by atoms with Crippen molar-refractivity contribution in [3.63, 3.8) is 0 Å². The van der Waals surface area contributed by atoms with Gasteiger partial charge in [0.2, 0.25) is 5.28 Å². The first-order valence-corrected chi connectivity index (χ1v) is 7.23. The summed E-state index contributed by atoms with van der Waals surface area (Å²) in [5.41, 5.74) is -0.293. The minimum atomic E-state index is -0.614. The lowest BCUT2D eigenvalue weighted by Gasteiger charge is -2.22. The number of aromatic nitrogens is 2. The van der Waals surface area contributed by atoms with E-state index in [0.717, 1.165) is 0 Å². The van der Waals surface area contributed by atoms with Crippen LogP contribution in [0.4, 0.5) is 4.79 Å². The number of amides is 1. The number of aliphatic hydroxyl groups excluding tert-OH is 1. The van der Waals surface area contributed by atoms with Crippen molar-refractivity contribution >= 4 is 40.9 Å². The lowest BCUT2D eigenvalue weighted by atomic mass is 10.0. The van der Waals surface area contributed by atoms with E-state index < -0.39 is 17.6 Å². The molecular weight excluding hydrogens is 341 g/mol. The van der Waals surface area contributed by atoms with Crippen LogP contribution in [-0.4, -0.2) is 39.9 Å². The number of hydrogen-bond donors (Lipinski definition) is 2. The number of aliphatic hydroxyl groups is 1. The molecule has 1 aromatic heterocycles. The van der Waals surface area contributed by atoms with E-state index in [1.54, 1.807) is 20.8 Å². The van der Waals surface area contributed by atoms with Crippen LogP contribution in [-0.2, 0) is 4.74 Å². The predicted octanol–water partition coefficient (Wildman–Crippen LogP) is 3.04. The Morgan fingerprint density at radius 3 is 2.24 bits per heavy atom. The molecule has 21 heavy (non-hydrogen) atoms. The van der Waals surface area contributed by atoms with Crippen LogP contribution in [0.25, 0.3) is 0 Å². The summed E-state index contributed by atoms with van der Waals surface area (Å²) in [6, 6.07) is 0. The molecule has 0 unspecified atom stereocenters. The van der Waals surface area contributed by atoms with Crippen molar-refractivity contribution < 1.29 is 14.6 Å². The van der Waals surface area contributed by atoms with Gasteiger partial charge < -0.3 is 15.2 Å². The van der Waals surface area contributed by atoms with Crippen molar-refractivity contribution in [2.75, 3.05) is 13.2 Å². The summed E-state index contributed by atoms with van der Waals surface area (Å²) >= 11 is 17.5. The number of ether oxygens (including phenoxy) is 1. The fraction of sp³-hybridized carbons (Fsp3) is 0.583. The molecule has 1 heterocycles. The number of alkyl carbamates (subject to hydrolysis) is 1. The molecule has 0 radical (unpaired) electrons. The summed E-state index contributed by atoms with van der Waals surface area (Å²) in [7, 11) is 0. The summed E-state index contributed by atoms with van der Waals surface area (Å²) < 4.78 is 5.10. The van der Waals surface area contributed by atoms with E-state index in [-0.39, 0.29) is 28.7 Å². The Hall–Kier alpha value is -0.820. The molecule has 0 aromatic carbocycles. The SMILES string of the molecule is CC(C)(C)OC(=O)NC[C@H](CO)c1c(Cl)nc(Cl)nc1Cl. The first-order chi connectivity index (χ1) is 9.64. The molecule has 2 N–H and O–H groups in total. The second-order valence-electron chi connectivity index (χ2n) is 5.25. The molecule has 1 atom stereocenters. The van der Waals surface area contributed by atoms with Gasteiger partial charge in [-0.1, -0.05) is 23.2 Å². The molecular formula is C12H16Cl3N3O3. The van der Waals surface area contributed by atoms with Gasteiger partial charge in [0.05, 0.1) is 6.61 Å². The highest BCUT2D eigenvalue weighted by Crippen LogP contribution is 2.29. The largest absolute Gasteiger partial charge is 0.444 e. The van der Waals surface area contributed by atoms with Gasteiger partial charge in [-0.3, -0.25) is 0 Å². The van der Waals surface area contributed by atoms with Gasteiger partial charge in [-0.15, -0.1) is 0 Å². The Balaban J connectivity index is 2.79. The normalized spacial score (nSPS) is 12.9. The van der Waals surface area contributed by atoms with Crippen molar-refractivity contribution in [2.45, 2.75) is 32.3 Å². The van der Waals surface area contributed by atoms with E-state index in [0.29, 0.717) is 5.56 Å². The Morgan fingerprint density at radius 2 is 1.81 bits per heavy atom. The van der Waals surface area contributed by atoms with E-state index in [1.165, 1.54) is 0 Å². The number of carbonyl (C=O) groups excluding carboxylic acids is 1. The molecule has 1 amide bonds. The Labute approximate surface area is 137 Å². The Kier molecular flexibility index (Phi) is 6.46. The van der Waals surface area contributed by atoms with E-state index in [9.17, 15) is 9.90 Å². The van der Waals surface area contributed by atoms with Gasteiger partial charge >= 0.3 is 6.09 Å². The number of hydrogen-bond acceptors (Lipinski definition) is 5. The zero-order valence-corrected chi connectivity index (χ0v) is 14.1. The van der Waals surface area contributed by atoms with Crippen LogP contribution >= 0.6 is 34.8 Å². The molecule has 0 saturated heterocycles. The van der Waals surface area contributed by atoms with Crippen LogP contribution in [0.15, 0.2) is 0 Å². The maximum absolute atomic E-state index is 11.6. The number of carbonyl (C=O) groups is 1. The third-order valence-corrected chi connectivity index (χ3v) is 3.09. The molecule has 0 aliphatic carbocycles. The van der Waals surface area contributed by atoms with Gasteiger partial charge in [0.25, 0.3) is 0 Å². The third-order valence-electron chi connectivity index (χ3n) is 2.35. The topological polar surface area (TPSA) is 84.3 Å². The zero-order chi connectivity index (χ0) is 16.2. The Bertz CT molecular complexity index is 497. The Morgan fingerprint density at radius 1 is 1.29 bits per heavy atom. The van der Waals surface area contributed by atoms with E-state index >= 15 is 0 Å². The molecule has 1 rings (SSSR count). The summed E-state index contributed by atoms with van der Waals surface area (Å²) in [6.45, 7) is 5.00. The quantitative estimate of drug-likeness (QED) is 0.640. The molecule has 0 saturated carbocycles. The summed E-state index contributed by atoms with van der Waals surface area (Å²) in [5, 5.41) is 11.9. The fourth-order valence-corrected chi connectivity index (χ4v) is 2.46. The molecule has 0 aliphatic rings. The average Bonchev–Trinajstić information content (AvgIpc) is 2.29. The van der Waals surface area contributed by atoms with Crippen LogP contribution < -0.4 is 5.32 Å². The summed E-state index contributed by atoms with van der Waals surface area (Å²) in [4.78, 5) is 19.1. The lowest BCUT2D eigenvalue weighted by molar-refractivity contribution is 0.0521. The lowest BCUT2D eigenvalue weighted by Crippen LogP contribution is -2.35. The van der Waals surface area contributed by atoms with Crippen molar-refractivity contribution in [2.24, 2.45) is 0 Å². The second-order valence-corrected chi connectivity index (χ2v) is 6.30. The van der Waals surface area contributed by atoms with Crippen molar-refractivity contribution in [3.8, 4) is 0 Å². The first-order valence-electron chi connectivity index (χ1n) is 6.10. The van der Waals surface area contributed by atoms with Crippen LogP contribution in [0, 0.1) is 0 Å². The molecule has 0 fully saturated rings. The molecule has 1 aromatic rings. The molecule has 0 bridgehead atoms. The van der Waals surface area contributed by atoms with Crippen LogP contribution in [0.2, 0.25) is 15.6 Å². The van der Waals surface area contributed by atoms with Gasteiger partial charge in [-0.25, -0.2) is 14.8 Å². The molecule has 0 spiro atoms. The number of rotatable bonds is 4. The van der Waals surface area contributed by atoms with Crippen molar-refractivity contribution in [3.05, 3.63) is 21.2 Å². The highest BCUT2D eigenvalue weighted by atomic mass is 35.5. The first kappa shape index (κ1) is 18.2. The van der Waals surface area contributed by atoms with Crippen molar-refractivity contribution in [1.29, 1.82) is 0 Å². The van der Waals surface area contributed by atoms with Crippen LogP contribution in [0.3, 0.4) is 0 Å². The fourth-order valence-electron chi connectivity index (χ4n) is 1.51. The van der Waals surface area contributed by atoms with Crippen LogP contribution in [0.1, 0.15) is 32.3 Å². The number of nitrogens with zero attached hydrogens (tertiary/aromatic N) is 2. The molecule has 118 valence electrons. The number of nitrogens with one attached hydrogen (secondary N) is 1. The van der Waals surface area contributed by atoms with E-state index in [4.69, 9.17) is 39.5 Å². The standard InChI is InChI=1S/C12H16Cl3N3O3/c1-12(2,3)21-11(20)16-4-6(5-19)7-8(13)17-10(15)18-9(7)14/h6,19H,4-5H2,1-3H3,(H,16,20)/t6-/m1/s1. The van der Waals surface area contributed by atoms with Crippen LogP contribution in [0.5, 0.6) is 0 Å². The maximum atomic E-state index is 11.6. The smallest absolute Gasteiger partial charge is 0.407 e. The van der Waals surface area contributed by atoms with Gasteiger partial charge in [-0.05, 0) is 32.4 Å². The minimum absolute atomic E-state index is 0.0324. The van der Waals surface area contributed by atoms with Gasteiger partial charge in [0.1, 0.15) is 15.9 Å². The van der Waals surface area contributed by atoms with Gasteiger partial charge in [-0.2, -0.15) is 0 Å². The van der Waals surface area contributed by atoms with Gasteiger partial charge in [0.15, 0.2) is 0 Å². The highest BCUT2D eigenvalue weighted by Gasteiger charge is 2.23. The summed E-state index contributed by atoms with van der Waals surface area (Å²) in [5.74, 6) is -0.574. The molecule has 9 heteroatoms.